The zero-order valence-corrected chi connectivity index (χ0v) is 14.3. The third-order valence-corrected chi connectivity index (χ3v) is 3.23. The number of pyridine rings is 1. The van der Waals surface area contributed by atoms with Gasteiger partial charge in [-0.25, -0.2) is 19.6 Å². The predicted octanol–water partition coefficient (Wildman–Crippen LogP) is 1.89. The molecule has 2 rings (SSSR count). The summed E-state index contributed by atoms with van der Waals surface area (Å²) in [5.74, 6) is -0.525. The van der Waals surface area contributed by atoms with Crippen LogP contribution < -0.4 is 5.32 Å². The molecular weight excluding hydrogens is 312 g/mol. The van der Waals surface area contributed by atoms with Crippen molar-refractivity contribution in [1.29, 1.82) is 0 Å². The normalized spacial score (nSPS) is 12.7. The van der Waals surface area contributed by atoms with Gasteiger partial charge in [0, 0.05) is 12.7 Å². The molecule has 1 N–H and O–H groups in total. The van der Waals surface area contributed by atoms with Crippen LogP contribution >= 0.6 is 0 Å². The van der Waals surface area contributed by atoms with Gasteiger partial charge in [-0.2, -0.15) is 0 Å². The maximum Gasteiger partial charge on any atom is 0.408 e. The Balaban J connectivity index is 2.04. The maximum atomic E-state index is 11.9. The van der Waals surface area contributed by atoms with E-state index in [0.717, 1.165) is 5.52 Å². The third-order valence-electron chi connectivity index (χ3n) is 3.23. The number of nitrogens with zero attached hydrogens (tertiary/aromatic N) is 3. The highest BCUT2D eigenvalue weighted by Crippen LogP contribution is 2.12. The van der Waals surface area contributed by atoms with Crippen molar-refractivity contribution in [2.24, 2.45) is 0 Å². The Kier molecular flexibility index (Phi) is 5.38. The maximum absolute atomic E-state index is 11.9. The summed E-state index contributed by atoms with van der Waals surface area (Å²) < 4.78 is 11.8. The molecule has 1 atom stereocenters. The fraction of sp³-hybridized carbons (Fsp3) is 0.500. The minimum absolute atomic E-state index is 0.340. The number of rotatable bonds is 5. The van der Waals surface area contributed by atoms with Crippen LogP contribution in [0.2, 0.25) is 0 Å². The lowest BCUT2D eigenvalue weighted by Crippen LogP contribution is -2.44. The molecule has 0 aliphatic rings. The van der Waals surface area contributed by atoms with Gasteiger partial charge in [0.2, 0.25) is 0 Å². The first-order valence-electron chi connectivity index (χ1n) is 7.63. The number of aryl methyl sites for hydroxylation is 1. The van der Waals surface area contributed by atoms with E-state index in [1.54, 1.807) is 33.3 Å². The largest absolute Gasteiger partial charge is 0.467 e. The number of methoxy groups -OCH3 is 1. The molecule has 0 aliphatic carbocycles. The molecule has 130 valence electrons. The van der Waals surface area contributed by atoms with Crippen LogP contribution in [0.15, 0.2) is 24.7 Å². The van der Waals surface area contributed by atoms with Crippen molar-refractivity contribution >= 4 is 23.2 Å². The van der Waals surface area contributed by atoms with Crippen molar-refractivity contribution in [3.05, 3.63) is 24.7 Å². The van der Waals surface area contributed by atoms with Gasteiger partial charge < -0.3 is 19.4 Å². The lowest BCUT2D eigenvalue weighted by atomic mass is 10.2. The second-order valence-electron chi connectivity index (χ2n) is 6.29. The molecule has 0 aliphatic heterocycles. The molecule has 0 fully saturated rings. The van der Waals surface area contributed by atoms with Crippen molar-refractivity contribution in [2.75, 3.05) is 7.11 Å². The predicted molar refractivity (Wildman–Crippen MR) is 87.3 cm³/mol. The number of nitrogens with one attached hydrogen (secondary N) is 1. The van der Waals surface area contributed by atoms with Crippen molar-refractivity contribution in [2.45, 2.75) is 45.4 Å². The monoisotopic (exact) mass is 334 g/mol. The summed E-state index contributed by atoms with van der Waals surface area (Å²) in [6.07, 6.45) is 3.00. The highest BCUT2D eigenvalue weighted by Gasteiger charge is 2.25. The number of ether oxygens (including phenoxy) is 2. The van der Waals surface area contributed by atoms with Crippen LogP contribution in [0.4, 0.5) is 4.79 Å². The van der Waals surface area contributed by atoms with E-state index >= 15 is 0 Å². The van der Waals surface area contributed by atoms with Crippen LogP contribution in [0.1, 0.15) is 27.2 Å². The number of esters is 1. The van der Waals surface area contributed by atoms with E-state index in [1.165, 1.54) is 7.11 Å². The van der Waals surface area contributed by atoms with Crippen LogP contribution in [0, 0.1) is 0 Å². The van der Waals surface area contributed by atoms with Crippen molar-refractivity contribution in [1.82, 2.24) is 19.9 Å². The van der Waals surface area contributed by atoms with Crippen LogP contribution in [0.5, 0.6) is 0 Å². The van der Waals surface area contributed by atoms with E-state index in [4.69, 9.17) is 9.47 Å². The lowest BCUT2D eigenvalue weighted by Gasteiger charge is -2.22. The fourth-order valence-corrected chi connectivity index (χ4v) is 2.19. The Hall–Kier alpha value is -2.64. The van der Waals surface area contributed by atoms with E-state index in [2.05, 4.69) is 15.3 Å². The van der Waals surface area contributed by atoms with Crippen molar-refractivity contribution in [3.63, 3.8) is 0 Å². The van der Waals surface area contributed by atoms with Gasteiger partial charge in [-0.1, -0.05) is 0 Å². The highest BCUT2D eigenvalue weighted by molar-refractivity contribution is 5.81. The quantitative estimate of drug-likeness (QED) is 0.839. The van der Waals surface area contributed by atoms with Crippen molar-refractivity contribution < 1.29 is 19.1 Å². The number of carbonyl (C=O) groups excluding carboxylic acids is 2. The molecule has 24 heavy (non-hydrogen) atoms. The molecular formula is C16H22N4O4. The number of carbonyl (C=O) groups is 2. The first-order valence-corrected chi connectivity index (χ1v) is 7.63. The zero-order chi connectivity index (χ0) is 17.7. The first-order chi connectivity index (χ1) is 11.3. The van der Waals surface area contributed by atoms with Gasteiger partial charge in [-0.05, 0) is 39.3 Å². The minimum Gasteiger partial charge on any atom is -0.467 e. The van der Waals surface area contributed by atoms with Gasteiger partial charge in [0.1, 0.15) is 11.6 Å². The average Bonchev–Trinajstić information content (AvgIpc) is 2.92. The topological polar surface area (TPSA) is 95.3 Å². The molecule has 8 nitrogen and oxygen atoms in total. The Bertz CT molecular complexity index is 720. The summed E-state index contributed by atoms with van der Waals surface area (Å²) in [5, 5.41) is 2.55. The molecule has 1 amide bonds. The standard InChI is InChI=1S/C16H22N4O4/c1-16(2,3)24-15(22)19-11(14(21)23-4)7-9-20-10-18-13-12(20)6-5-8-17-13/h5-6,8,10-11H,7,9H2,1-4H3,(H,19,22)/t11-/m0/s1. The Morgan fingerprint density at radius 2 is 2.08 bits per heavy atom. The highest BCUT2D eigenvalue weighted by atomic mass is 16.6. The van der Waals surface area contributed by atoms with Gasteiger partial charge in [0.25, 0.3) is 0 Å². The van der Waals surface area contributed by atoms with Gasteiger partial charge in [-0.15, -0.1) is 0 Å². The van der Waals surface area contributed by atoms with E-state index in [1.807, 2.05) is 16.7 Å². The number of aromatic nitrogens is 3. The van der Waals surface area contributed by atoms with Crippen molar-refractivity contribution in [3.8, 4) is 0 Å². The Morgan fingerprint density at radius 1 is 1.33 bits per heavy atom. The molecule has 0 aromatic carbocycles. The van der Waals surface area contributed by atoms with E-state index in [0.29, 0.717) is 18.6 Å². The minimum atomic E-state index is -0.807. The molecule has 0 bridgehead atoms. The van der Waals surface area contributed by atoms with E-state index in [9.17, 15) is 9.59 Å². The molecule has 8 heteroatoms. The van der Waals surface area contributed by atoms with Gasteiger partial charge in [-0.3, -0.25) is 0 Å². The average molecular weight is 334 g/mol. The zero-order valence-electron chi connectivity index (χ0n) is 14.3. The number of hydrogen-bond donors (Lipinski definition) is 1. The molecule has 2 aromatic rings. The van der Waals surface area contributed by atoms with Crippen LogP contribution in [-0.2, 0) is 20.8 Å². The second kappa shape index (κ2) is 7.29. The fourth-order valence-electron chi connectivity index (χ4n) is 2.19. The Morgan fingerprint density at radius 3 is 2.75 bits per heavy atom. The molecule has 0 spiro atoms. The lowest BCUT2D eigenvalue weighted by molar-refractivity contribution is -0.143. The summed E-state index contributed by atoms with van der Waals surface area (Å²) in [4.78, 5) is 32.1. The summed E-state index contributed by atoms with van der Waals surface area (Å²) in [6.45, 7) is 5.73. The summed E-state index contributed by atoms with van der Waals surface area (Å²) >= 11 is 0. The molecule has 0 saturated heterocycles. The van der Waals surface area contributed by atoms with Crippen LogP contribution in [0.3, 0.4) is 0 Å². The molecule has 2 heterocycles. The first kappa shape index (κ1) is 17.7. The third kappa shape index (κ3) is 4.68. The van der Waals surface area contributed by atoms with Gasteiger partial charge in [0.05, 0.1) is 19.0 Å². The molecule has 0 radical (unpaired) electrons. The van der Waals surface area contributed by atoms with E-state index < -0.39 is 23.7 Å². The van der Waals surface area contributed by atoms with Gasteiger partial charge in [0.15, 0.2) is 5.65 Å². The Labute approximate surface area is 140 Å². The SMILES string of the molecule is COC(=O)[C@H](CCn1cnc2ncccc21)NC(=O)OC(C)(C)C. The summed E-state index contributed by atoms with van der Waals surface area (Å²) in [7, 11) is 1.28. The molecule has 0 saturated carbocycles. The summed E-state index contributed by atoms with van der Waals surface area (Å²) in [5.41, 5.74) is 0.849. The number of amides is 1. The molecule has 0 unspecified atom stereocenters. The van der Waals surface area contributed by atoms with Crippen LogP contribution in [-0.4, -0.2) is 45.4 Å². The number of fused-ring (bicyclic) bond motifs is 1. The van der Waals surface area contributed by atoms with E-state index in [-0.39, 0.29) is 0 Å². The molecule has 2 aromatic heterocycles. The second-order valence-corrected chi connectivity index (χ2v) is 6.29. The number of alkyl carbamates (subject to hydrolysis) is 1. The number of hydrogen-bond acceptors (Lipinski definition) is 6. The smallest absolute Gasteiger partial charge is 0.408 e. The van der Waals surface area contributed by atoms with Gasteiger partial charge >= 0.3 is 12.1 Å². The number of imidazole rings is 1. The van der Waals surface area contributed by atoms with Crippen LogP contribution in [0.25, 0.3) is 11.2 Å². The summed E-state index contributed by atoms with van der Waals surface area (Å²) in [6, 6.07) is 2.90.